The Morgan fingerprint density at radius 1 is 1.27 bits per heavy atom. The number of H-pyrrole nitrogens is 1. The largest absolute Gasteiger partial charge is 0.420 e. The number of fused-ring (bicyclic) bond motifs is 1. The molecule has 1 aliphatic heterocycles. The summed E-state index contributed by atoms with van der Waals surface area (Å²) in [4.78, 5) is 4.05. The first-order valence-corrected chi connectivity index (χ1v) is 7.61. The van der Waals surface area contributed by atoms with Crippen LogP contribution in [-0.2, 0) is 0 Å². The van der Waals surface area contributed by atoms with Crippen LogP contribution in [0, 0.1) is 23.0 Å². The quantitative estimate of drug-likeness (QED) is 0.739. The number of halogens is 2. The second-order valence-electron chi connectivity index (χ2n) is 5.65. The molecule has 26 heavy (non-hydrogen) atoms. The zero-order valence-electron chi connectivity index (χ0n) is 13.2. The fourth-order valence-corrected chi connectivity index (χ4v) is 3.02. The van der Waals surface area contributed by atoms with E-state index in [2.05, 4.69) is 15.2 Å². The van der Waals surface area contributed by atoms with Crippen LogP contribution < -0.4 is 10.5 Å². The molecule has 0 saturated carbocycles. The Balaban J connectivity index is 2.00. The number of ether oxygens (including phenoxy) is 1. The van der Waals surface area contributed by atoms with Gasteiger partial charge in [-0.25, -0.2) is 8.78 Å². The van der Waals surface area contributed by atoms with Gasteiger partial charge < -0.3 is 10.5 Å². The average molecular weight is 351 g/mol. The van der Waals surface area contributed by atoms with Crippen molar-refractivity contribution >= 4 is 0 Å². The number of aromatic amines is 1. The number of benzene rings is 1. The molecule has 0 amide bonds. The van der Waals surface area contributed by atoms with Gasteiger partial charge >= 0.3 is 0 Å². The lowest BCUT2D eigenvalue weighted by atomic mass is 9.83. The zero-order valence-corrected chi connectivity index (χ0v) is 13.2. The number of nitriles is 1. The summed E-state index contributed by atoms with van der Waals surface area (Å²) in [7, 11) is 0. The van der Waals surface area contributed by atoms with E-state index in [1.54, 1.807) is 24.5 Å². The molecule has 3 N–H and O–H groups in total. The van der Waals surface area contributed by atoms with E-state index in [4.69, 9.17) is 10.5 Å². The van der Waals surface area contributed by atoms with Gasteiger partial charge in [0.05, 0.1) is 17.2 Å². The maximum atomic E-state index is 14.5. The molecule has 0 fully saturated rings. The summed E-state index contributed by atoms with van der Waals surface area (Å²) in [5, 5.41) is 16.4. The first kappa shape index (κ1) is 15.8. The number of nitrogens with zero attached hydrogens (tertiary/aromatic N) is 3. The van der Waals surface area contributed by atoms with Crippen LogP contribution in [0.4, 0.5) is 8.78 Å². The van der Waals surface area contributed by atoms with E-state index in [0.717, 1.165) is 18.2 Å². The molecule has 1 atom stereocenters. The number of nitrogens with two attached hydrogens (primary N) is 1. The summed E-state index contributed by atoms with van der Waals surface area (Å²) in [5.74, 6) is -2.35. The molecule has 128 valence electrons. The lowest BCUT2D eigenvalue weighted by Gasteiger charge is -2.24. The number of rotatable bonds is 2. The molecule has 1 aliphatic rings. The predicted molar refractivity (Wildman–Crippen MR) is 87.5 cm³/mol. The third kappa shape index (κ3) is 2.38. The van der Waals surface area contributed by atoms with Crippen molar-refractivity contribution < 1.29 is 13.5 Å². The van der Waals surface area contributed by atoms with Crippen LogP contribution in [0.15, 0.2) is 54.2 Å². The van der Waals surface area contributed by atoms with Crippen LogP contribution in [0.25, 0.3) is 11.3 Å². The van der Waals surface area contributed by atoms with Crippen molar-refractivity contribution in [2.24, 2.45) is 5.73 Å². The molecule has 0 spiro atoms. The standard InChI is InChI=1S/C18H11F2N5O/c19-10-3-4-13(20)11(6-10)14-12(7-21)17(22)26-18-15(14)16(24-25-18)9-2-1-5-23-8-9/h1-6,8,14H,22H2,(H,24,25)/t14-/m0/s1. The molecule has 2 aromatic heterocycles. The molecule has 0 unspecified atom stereocenters. The van der Waals surface area contributed by atoms with Crippen LogP contribution >= 0.6 is 0 Å². The Kier molecular flexibility index (Phi) is 3.62. The third-order valence-electron chi connectivity index (χ3n) is 4.16. The number of pyridine rings is 1. The van der Waals surface area contributed by atoms with Crippen LogP contribution in [0.3, 0.4) is 0 Å². The van der Waals surface area contributed by atoms with Crippen LogP contribution in [0.5, 0.6) is 5.88 Å². The maximum Gasteiger partial charge on any atom is 0.244 e. The molecular weight excluding hydrogens is 340 g/mol. The number of nitrogens with one attached hydrogen (secondary N) is 1. The van der Waals surface area contributed by atoms with Gasteiger partial charge in [-0.05, 0) is 30.3 Å². The van der Waals surface area contributed by atoms with Gasteiger partial charge in [0.2, 0.25) is 11.8 Å². The van der Waals surface area contributed by atoms with E-state index >= 15 is 0 Å². The Labute approximate surface area is 146 Å². The van der Waals surface area contributed by atoms with Crippen molar-refractivity contribution in [1.29, 1.82) is 5.26 Å². The second kappa shape index (κ2) is 5.97. The van der Waals surface area contributed by atoms with Crippen molar-refractivity contribution in [3.63, 3.8) is 0 Å². The minimum absolute atomic E-state index is 0.0199. The number of allylic oxidation sites excluding steroid dienone is 1. The van der Waals surface area contributed by atoms with E-state index < -0.39 is 17.6 Å². The summed E-state index contributed by atoms with van der Waals surface area (Å²) in [6, 6.07) is 8.49. The van der Waals surface area contributed by atoms with Gasteiger partial charge in [-0.2, -0.15) is 5.26 Å². The third-order valence-corrected chi connectivity index (χ3v) is 4.16. The molecule has 0 bridgehead atoms. The lowest BCUT2D eigenvalue weighted by molar-refractivity contribution is 0.378. The summed E-state index contributed by atoms with van der Waals surface area (Å²) in [6.07, 6.45) is 3.19. The Morgan fingerprint density at radius 3 is 2.85 bits per heavy atom. The van der Waals surface area contributed by atoms with E-state index in [1.165, 1.54) is 0 Å². The first-order valence-electron chi connectivity index (χ1n) is 7.61. The van der Waals surface area contributed by atoms with Crippen LogP contribution in [0.2, 0.25) is 0 Å². The predicted octanol–water partition coefficient (Wildman–Crippen LogP) is 2.97. The smallest absolute Gasteiger partial charge is 0.244 e. The van der Waals surface area contributed by atoms with Crippen molar-refractivity contribution in [2.75, 3.05) is 0 Å². The molecule has 8 heteroatoms. The van der Waals surface area contributed by atoms with Gasteiger partial charge in [0.25, 0.3) is 0 Å². The lowest BCUT2D eigenvalue weighted by Crippen LogP contribution is -2.21. The normalized spacial score (nSPS) is 16.0. The Morgan fingerprint density at radius 2 is 2.12 bits per heavy atom. The fourth-order valence-electron chi connectivity index (χ4n) is 3.02. The van der Waals surface area contributed by atoms with Gasteiger partial charge in [-0.3, -0.25) is 10.1 Å². The molecule has 0 aliphatic carbocycles. The molecule has 6 nitrogen and oxygen atoms in total. The van der Waals surface area contributed by atoms with Crippen molar-refractivity contribution in [3.8, 4) is 23.2 Å². The van der Waals surface area contributed by atoms with Gasteiger partial charge in [0, 0.05) is 23.5 Å². The van der Waals surface area contributed by atoms with Gasteiger partial charge in [-0.1, -0.05) is 0 Å². The van der Waals surface area contributed by atoms with E-state index in [0.29, 0.717) is 16.8 Å². The highest BCUT2D eigenvalue weighted by Crippen LogP contribution is 2.46. The summed E-state index contributed by atoms with van der Waals surface area (Å²) in [5.41, 5.74) is 7.31. The van der Waals surface area contributed by atoms with Gasteiger partial charge in [0.1, 0.15) is 23.3 Å². The monoisotopic (exact) mass is 351 g/mol. The minimum atomic E-state index is -0.964. The van der Waals surface area contributed by atoms with Crippen LogP contribution in [-0.4, -0.2) is 15.2 Å². The zero-order chi connectivity index (χ0) is 18.3. The summed E-state index contributed by atoms with van der Waals surface area (Å²) < 4.78 is 33.7. The van der Waals surface area contributed by atoms with Crippen molar-refractivity contribution in [3.05, 3.63) is 76.9 Å². The van der Waals surface area contributed by atoms with Crippen molar-refractivity contribution in [1.82, 2.24) is 15.2 Å². The molecule has 0 saturated heterocycles. The molecule has 1 aromatic carbocycles. The average Bonchev–Trinajstić information content (AvgIpc) is 3.06. The Hall–Kier alpha value is -3.73. The highest BCUT2D eigenvalue weighted by molar-refractivity contribution is 5.70. The maximum absolute atomic E-state index is 14.5. The highest BCUT2D eigenvalue weighted by atomic mass is 19.1. The number of hydrogen-bond acceptors (Lipinski definition) is 5. The number of aromatic nitrogens is 3. The number of hydrogen-bond donors (Lipinski definition) is 2. The van der Waals surface area contributed by atoms with Crippen molar-refractivity contribution in [2.45, 2.75) is 5.92 Å². The van der Waals surface area contributed by atoms with Gasteiger partial charge in [-0.15, -0.1) is 5.10 Å². The second-order valence-corrected chi connectivity index (χ2v) is 5.65. The van der Waals surface area contributed by atoms with Gasteiger partial charge in [0.15, 0.2) is 0 Å². The van der Waals surface area contributed by atoms with E-state index in [1.807, 2.05) is 6.07 Å². The highest BCUT2D eigenvalue weighted by Gasteiger charge is 2.37. The molecule has 3 aromatic rings. The topological polar surface area (TPSA) is 101 Å². The fraction of sp³-hybridized carbons (Fsp3) is 0.0556. The van der Waals surface area contributed by atoms with E-state index in [9.17, 15) is 14.0 Å². The summed E-state index contributed by atoms with van der Waals surface area (Å²) in [6.45, 7) is 0. The minimum Gasteiger partial charge on any atom is -0.420 e. The van der Waals surface area contributed by atoms with E-state index in [-0.39, 0.29) is 22.9 Å². The molecular formula is C18H11F2N5O. The Bertz CT molecular complexity index is 1070. The first-order chi connectivity index (χ1) is 12.6. The SMILES string of the molecule is N#CC1=C(N)Oc2n[nH]c(-c3cccnc3)c2[C@H]1c1cc(F)ccc1F. The van der Waals surface area contributed by atoms with Crippen LogP contribution in [0.1, 0.15) is 17.0 Å². The molecule has 0 radical (unpaired) electrons. The summed E-state index contributed by atoms with van der Waals surface area (Å²) >= 11 is 0. The molecule has 4 rings (SSSR count). The molecule has 3 heterocycles.